The number of halogens is 2. The van der Waals surface area contributed by atoms with Crippen molar-refractivity contribution in [3.63, 3.8) is 0 Å². The van der Waals surface area contributed by atoms with Crippen LogP contribution in [0.15, 0.2) is 48.5 Å². The molecule has 1 N–H and O–H groups in total. The summed E-state index contributed by atoms with van der Waals surface area (Å²) in [6.07, 6.45) is 0. The minimum absolute atomic E-state index is 0.120. The van der Waals surface area contributed by atoms with Gasteiger partial charge in [-0.25, -0.2) is 8.78 Å². The molecule has 1 saturated heterocycles. The average Bonchev–Trinajstić information content (AvgIpc) is 2.55. The van der Waals surface area contributed by atoms with Gasteiger partial charge in [0.15, 0.2) is 0 Å². The molecule has 2 aromatic carbocycles. The van der Waals surface area contributed by atoms with Gasteiger partial charge in [-0.15, -0.1) is 0 Å². The Morgan fingerprint density at radius 3 is 2.65 bits per heavy atom. The minimum Gasteiger partial charge on any atom is -0.352 e. The summed E-state index contributed by atoms with van der Waals surface area (Å²) in [6.45, 7) is 0.491. The van der Waals surface area contributed by atoms with E-state index in [2.05, 4.69) is 5.32 Å². The molecular formula is C17H14F2N2O2. The van der Waals surface area contributed by atoms with Gasteiger partial charge in [0, 0.05) is 24.2 Å². The molecule has 6 heteroatoms. The summed E-state index contributed by atoms with van der Waals surface area (Å²) in [6, 6.07) is 9.98. The minimum atomic E-state index is -1.07. The van der Waals surface area contributed by atoms with Gasteiger partial charge in [-0.1, -0.05) is 24.3 Å². The summed E-state index contributed by atoms with van der Waals surface area (Å²) in [7, 11) is 0. The van der Waals surface area contributed by atoms with Crippen LogP contribution < -0.4 is 5.32 Å². The van der Waals surface area contributed by atoms with E-state index in [9.17, 15) is 18.4 Å². The van der Waals surface area contributed by atoms with Gasteiger partial charge in [-0.05, 0) is 24.3 Å². The Kier molecular flexibility index (Phi) is 4.06. The zero-order valence-corrected chi connectivity index (χ0v) is 12.1. The van der Waals surface area contributed by atoms with Crippen molar-refractivity contribution in [2.24, 2.45) is 0 Å². The highest BCUT2D eigenvalue weighted by molar-refractivity contribution is 5.98. The Balaban J connectivity index is 2.00. The number of rotatable bonds is 2. The zero-order chi connectivity index (χ0) is 16.4. The summed E-state index contributed by atoms with van der Waals surface area (Å²) in [5, 5.41) is 2.63. The molecule has 1 aliphatic heterocycles. The Hall–Kier alpha value is -2.76. The molecule has 3 rings (SSSR count). The van der Waals surface area contributed by atoms with Crippen molar-refractivity contribution in [3.05, 3.63) is 71.3 Å². The third-order valence-corrected chi connectivity index (χ3v) is 3.74. The second-order valence-corrected chi connectivity index (χ2v) is 5.22. The molecule has 2 amide bonds. The van der Waals surface area contributed by atoms with Crippen LogP contribution in [0, 0.1) is 11.6 Å². The highest BCUT2D eigenvalue weighted by Gasteiger charge is 2.36. The van der Waals surface area contributed by atoms with Gasteiger partial charge in [-0.3, -0.25) is 9.59 Å². The number of nitrogens with one attached hydrogen (secondary N) is 1. The number of hydrogen-bond donors (Lipinski definition) is 1. The number of nitrogens with zero attached hydrogens (tertiary/aromatic N) is 1. The fourth-order valence-electron chi connectivity index (χ4n) is 2.68. The van der Waals surface area contributed by atoms with Crippen molar-refractivity contribution >= 4 is 11.8 Å². The molecule has 1 unspecified atom stereocenters. The number of amides is 2. The summed E-state index contributed by atoms with van der Waals surface area (Å²) in [4.78, 5) is 26.1. The van der Waals surface area contributed by atoms with Gasteiger partial charge in [0.1, 0.15) is 17.7 Å². The fraction of sp³-hybridized carbons (Fsp3) is 0.176. The molecule has 0 radical (unpaired) electrons. The van der Waals surface area contributed by atoms with E-state index in [1.54, 1.807) is 6.07 Å². The number of piperazine rings is 1. The molecule has 2 aromatic rings. The summed E-state index contributed by atoms with van der Waals surface area (Å²) in [5.41, 5.74) is 0.246. The van der Waals surface area contributed by atoms with Gasteiger partial charge in [-0.2, -0.15) is 0 Å². The molecule has 0 aliphatic carbocycles. The lowest BCUT2D eigenvalue weighted by atomic mass is 10.0. The quantitative estimate of drug-likeness (QED) is 0.924. The molecule has 1 heterocycles. The monoisotopic (exact) mass is 316 g/mol. The molecule has 0 spiro atoms. The first-order valence-corrected chi connectivity index (χ1v) is 7.16. The van der Waals surface area contributed by atoms with Crippen molar-refractivity contribution < 1.29 is 18.4 Å². The van der Waals surface area contributed by atoms with E-state index in [4.69, 9.17) is 0 Å². The highest BCUT2D eigenvalue weighted by Crippen LogP contribution is 2.27. The van der Waals surface area contributed by atoms with Gasteiger partial charge >= 0.3 is 0 Å². The van der Waals surface area contributed by atoms with E-state index in [-0.39, 0.29) is 24.2 Å². The van der Waals surface area contributed by atoms with Crippen LogP contribution in [-0.2, 0) is 4.79 Å². The molecule has 1 atom stereocenters. The number of carbonyl (C=O) groups excluding carboxylic acids is 2. The maximum absolute atomic E-state index is 14.1. The van der Waals surface area contributed by atoms with Gasteiger partial charge in [0.2, 0.25) is 5.91 Å². The maximum atomic E-state index is 14.1. The first kappa shape index (κ1) is 15.1. The van der Waals surface area contributed by atoms with E-state index >= 15 is 0 Å². The van der Waals surface area contributed by atoms with Crippen LogP contribution in [0.5, 0.6) is 0 Å². The molecule has 1 aliphatic rings. The van der Waals surface area contributed by atoms with Crippen LogP contribution in [0.4, 0.5) is 8.78 Å². The van der Waals surface area contributed by atoms with Crippen LogP contribution in [0.3, 0.4) is 0 Å². The van der Waals surface area contributed by atoms with Crippen LogP contribution in [-0.4, -0.2) is 29.8 Å². The summed E-state index contributed by atoms with van der Waals surface area (Å²) < 4.78 is 27.4. The van der Waals surface area contributed by atoms with E-state index in [0.29, 0.717) is 0 Å². The molecule has 118 valence electrons. The molecule has 0 saturated carbocycles. The van der Waals surface area contributed by atoms with Crippen LogP contribution in [0.1, 0.15) is 22.0 Å². The summed E-state index contributed by atoms with van der Waals surface area (Å²) >= 11 is 0. The van der Waals surface area contributed by atoms with Crippen LogP contribution >= 0.6 is 0 Å². The Labute approximate surface area is 131 Å². The molecule has 0 aromatic heterocycles. The van der Waals surface area contributed by atoms with Gasteiger partial charge in [0.05, 0.1) is 0 Å². The largest absolute Gasteiger partial charge is 0.352 e. The molecular weight excluding hydrogens is 302 g/mol. The second kappa shape index (κ2) is 6.16. The number of hydrogen-bond acceptors (Lipinski definition) is 2. The van der Waals surface area contributed by atoms with Crippen molar-refractivity contribution in [1.82, 2.24) is 10.2 Å². The average molecular weight is 316 g/mol. The highest BCUT2D eigenvalue weighted by atomic mass is 19.1. The first-order chi connectivity index (χ1) is 11.1. The molecule has 1 fully saturated rings. The predicted molar refractivity (Wildman–Crippen MR) is 79.6 cm³/mol. The lowest BCUT2D eigenvalue weighted by molar-refractivity contribution is -0.128. The van der Waals surface area contributed by atoms with Crippen molar-refractivity contribution in [2.45, 2.75) is 6.04 Å². The Morgan fingerprint density at radius 2 is 1.91 bits per heavy atom. The van der Waals surface area contributed by atoms with Crippen molar-refractivity contribution in [1.29, 1.82) is 0 Å². The molecule has 4 nitrogen and oxygen atoms in total. The van der Waals surface area contributed by atoms with E-state index in [1.807, 2.05) is 0 Å². The van der Waals surface area contributed by atoms with Crippen molar-refractivity contribution in [2.75, 3.05) is 13.1 Å². The lowest BCUT2D eigenvalue weighted by Gasteiger charge is -2.35. The van der Waals surface area contributed by atoms with Gasteiger partial charge in [0.25, 0.3) is 5.91 Å². The summed E-state index contributed by atoms with van der Waals surface area (Å²) in [5.74, 6) is -2.06. The third kappa shape index (κ3) is 2.92. The SMILES string of the molecule is O=C1NCCN(C(=O)c2cccc(F)c2)C1c1ccccc1F. The van der Waals surface area contributed by atoms with Crippen molar-refractivity contribution in [3.8, 4) is 0 Å². The fourth-order valence-corrected chi connectivity index (χ4v) is 2.68. The topological polar surface area (TPSA) is 49.4 Å². The maximum Gasteiger partial charge on any atom is 0.254 e. The Morgan fingerprint density at radius 1 is 1.13 bits per heavy atom. The van der Waals surface area contributed by atoms with Crippen LogP contribution in [0.25, 0.3) is 0 Å². The predicted octanol–water partition coefficient (Wildman–Crippen LogP) is 2.28. The van der Waals surface area contributed by atoms with E-state index < -0.39 is 29.5 Å². The zero-order valence-electron chi connectivity index (χ0n) is 12.1. The van der Waals surface area contributed by atoms with Crippen LogP contribution in [0.2, 0.25) is 0 Å². The molecule has 23 heavy (non-hydrogen) atoms. The number of carbonyl (C=O) groups is 2. The first-order valence-electron chi connectivity index (χ1n) is 7.16. The third-order valence-electron chi connectivity index (χ3n) is 3.74. The normalized spacial score (nSPS) is 17.7. The Bertz CT molecular complexity index is 764. The lowest BCUT2D eigenvalue weighted by Crippen LogP contribution is -2.52. The van der Waals surface area contributed by atoms with Gasteiger partial charge < -0.3 is 10.2 Å². The standard InChI is InChI=1S/C17H14F2N2O2/c18-12-5-3-4-11(10-12)17(23)21-9-8-20-16(22)15(21)13-6-1-2-7-14(13)19/h1-7,10,15H,8-9H2,(H,20,22). The van der Waals surface area contributed by atoms with E-state index in [1.165, 1.54) is 41.3 Å². The van der Waals surface area contributed by atoms with E-state index in [0.717, 1.165) is 6.07 Å². The second-order valence-electron chi connectivity index (χ2n) is 5.22. The number of benzene rings is 2. The smallest absolute Gasteiger partial charge is 0.254 e. The molecule has 0 bridgehead atoms.